The van der Waals surface area contributed by atoms with Crippen LogP contribution in [0.5, 0.6) is 0 Å². The largest absolute Gasteiger partial charge is 0.354 e. The van der Waals surface area contributed by atoms with E-state index in [0.29, 0.717) is 6.54 Å². The molecule has 12 heavy (non-hydrogen) atoms. The fraction of sp³-hybridized carbons (Fsp3) is 0.500. The van der Waals surface area contributed by atoms with Gasteiger partial charge < -0.3 is 9.74 Å². The molecule has 0 spiro atoms. The summed E-state index contributed by atoms with van der Waals surface area (Å²) in [4.78, 5) is 10.7. The van der Waals surface area contributed by atoms with Crippen LogP contribution in [0, 0.1) is 13.5 Å². The van der Waals surface area contributed by atoms with Crippen molar-refractivity contribution in [3.63, 3.8) is 0 Å². The monoisotopic (exact) mass is 181 g/mol. The lowest BCUT2D eigenvalue weighted by Crippen LogP contribution is -2.07. The van der Waals surface area contributed by atoms with Crippen molar-refractivity contribution in [2.45, 2.75) is 13.5 Å². The Morgan fingerprint density at radius 2 is 2.25 bits per heavy atom. The van der Waals surface area contributed by atoms with Gasteiger partial charge in [0.2, 0.25) is 0 Å². The van der Waals surface area contributed by atoms with E-state index < -0.39 is 0 Å². The molecule has 0 N–H and O–H groups in total. The van der Waals surface area contributed by atoms with Gasteiger partial charge >= 0.3 is 0 Å². The first kappa shape index (κ1) is 9.01. The van der Waals surface area contributed by atoms with E-state index in [0.717, 1.165) is 15.7 Å². The first-order chi connectivity index (χ1) is 5.65. The lowest BCUT2D eigenvalue weighted by Gasteiger charge is -2.04. The summed E-state index contributed by atoms with van der Waals surface area (Å²) in [5.41, 5.74) is 0.986. The SMILES string of the molecule is [C-]#[N+]Cc1sc(N(C)C)nc1C. The Labute approximate surface area is 76.5 Å². The molecule has 1 rings (SSSR count). The number of rotatable bonds is 2. The minimum absolute atomic E-state index is 0.456. The maximum absolute atomic E-state index is 6.74. The number of hydrogen-bond donors (Lipinski definition) is 0. The Morgan fingerprint density at radius 1 is 1.58 bits per heavy atom. The van der Waals surface area contributed by atoms with E-state index in [-0.39, 0.29) is 0 Å². The smallest absolute Gasteiger partial charge is 0.250 e. The average molecular weight is 181 g/mol. The highest BCUT2D eigenvalue weighted by Gasteiger charge is 2.09. The number of thiazole rings is 1. The molecule has 0 aliphatic rings. The molecule has 0 fully saturated rings. The third-order valence-corrected chi connectivity index (χ3v) is 2.80. The van der Waals surface area contributed by atoms with Crippen LogP contribution in [0.2, 0.25) is 0 Å². The van der Waals surface area contributed by atoms with Crippen molar-refractivity contribution < 1.29 is 0 Å². The van der Waals surface area contributed by atoms with Crippen LogP contribution in [0.4, 0.5) is 5.13 Å². The molecule has 0 saturated carbocycles. The van der Waals surface area contributed by atoms with Crippen LogP contribution in [0.25, 0.3) is 4.85 Å². The van der Waals surface area contributed by atoms with Crippen LogP contribution in [-0.2, 0) is 6.54 Å². The zero-order valence-electron chi connectivity index (χ0n) is 7.46. The Bertz CT molecular complexity index is 309. The highest BCUT2D eigenvalue weighted by Crippen LogP contribution is 2.24. The molecule has 0 saturated heterocycles. The maximum atomic E-state index is 6.74. The van der Waals surface area contributed by atoms with Gasteiger partial charge in [-0.3, -0.25) is 0 Å². The van der Waals surface area contributed by atoms with Crippen LogP contribution in [0.1, 0.15) is 10.6 Å². The van der Waals surface area contributed by atoms with Gasteiger partial charge in [-0.1, -0.05) is 11.3 Å². The van der Waals surface area contributed by atoms with E-state index in [1.54, 1.807) is 11.3 Å². The molecule has 3 nitrogen and oxygen atoms in total. The van der Waals surface area contributed by atoms with Crippen LogP contribution < -0.4 is 4.90 Å². The minimum atomic E-state index is 0.456. The molecule has 1 heterocycles. The molecule has 0 aliphatic carbocycles. The summed E-state index contributed by atoms with van der Waals surface area (Å²) in [5.74, 6) is 0. The van der Waals surface area contributed by atoms with Crippen molar-refractivity contribution in [3.8, 4) is 0 Å². The first-order valence-electron chi connectivity index (χ1n) is 3.62. The van der Waals surface area contributed by atoms with Crippen molar-refractivity contribution in [3.05, 3.63) is 22.0 Å². The molecule has 4 heteroatoms. The van der Waals surface area contributed by atoms with Crippen molar-refractivity contribution >= 4 is 16.5 Å². The number of aryl methyl sites for hydroxylation is 1. The molecule has 0 aliphatic heterocycles. The van der Waals surface area contributed by atoms with Gasteiger partial charge in [-0.15, -0.1) is 0 Å². The molecule has 1 aromatic rings. The first-order valence-corrected chi connectivity index (χ1v) is 4.43. The summed E-state index contributed by atoms with van der Waals surface area (Å²) in [6.45, 7) is 9.15. The van der Waals surface area contributed by atoms with Crippen LogP contribution in [0.3, 0.4) is 0 Å². The molecule has 0 aromatic carbocycles. The Hall–Kier alpha value is -1.08. The highest BCUT2D eigenvalue weighted by atomic mass is 32.1. The predicted molar refractivity (Wildman–Crippen MR) is 51.5 cm³/mol. The quantitative estimate of drug-likeness (QED) is 0.650. The Balaban J connectivity index is 2.94. The molecule has 0 bridgehead atoms. The number of hydrogen-bond acceptors (Lipinski definition) is 3. The number of nitrogens with zero attached hydrogens (tertiary/aromatic N) is 3. The van der Waals surface area contributed by atoms with E-state index in [9.17, 15) is 0 Å². The van der Waals surface area contributed by atoms with Crippen LogP contribution in [0.15, 0.2) is 0 Å². The van der Waals surface area contributed by atoms with Gasteiger partial charge in [-0.05, 0) is 6.92 Å². The van der Waals surface area contributed by atoms with Crippen molar-refractivity contribution in [2.24, 2.45) is 0 Å². The van der Waals surface area contributed by atoms with Crippen LogP contribution >= 0.6 is 11.3 Å². The molecule has 1 aromatic heterocycles. The third kappa shape index (κ3) is 1.74. The van der Waals surface area contributed by atoms with E-state index >= 15 is 0 Å². The predicted octanol–water partition coefficient (Wildman–Crippen LogP) is 1.94. The molecule has 0 amide bonds. The third-order valence-electron chi connectivity index (χ3n) is 1.49. The second kappa shape index (κ2) is 3.55. The summed E-state index contributed by atoms with van der Waals surface area (Å²) >= 11 is 1.59. The summed E-state index contributed by atoms with van der Waals surface area (Å²) < 4.78 is 0. The zero-order valence-corrected chi connectivity index (χ0v) is 8.27. The average Bonchev–Trinajstić information content (AvgIpc) is 2.34. The molecular weight excluding hydrogens is 170 g/mol. The van der Waals surface area contributed by atoms with Gasteiger partial charge in [0.15, 0.2) is 5.13 Å². The molecule has 0 unspecified atom stereocenters. The summed E-state index contributed by atoms with van der Waals surface area (Å²) in [7, 11) is 3.92. The van der Waals surface area contributed by atoms with Crippen molar-refractivity contribution in [1.29, 1.82) is 0 Å². The lowest BCUT2D eigenvalue weighted by molar-refractivity contribution is 1.08. The standard InChI is InChI=1S/C8H11N3S/c1-6-7(5-9-2)12-8(10-6)11(3)4/h5H2,1,3-4H3. The van der Waals surface area contributed by atoms with Gasteiger partial charge in [0.25, 0.3) is 6.54 Å². The van der Waals surface area contributed by atoms with Gasteiger partial charge in [0, 0.05) is 14.1 Å². The summed E-state index contributed by atoms with van der Waals surface area (Å²) in [6, 6.07) is 0. The van der Waals surface area contributed by atoms with E-state index in [4.69, 9.17) is 6.57 Å². The Kier molecular flexibility index (Phi) is 2.66. The fourth-order valence-corrected chi connectivity index (χ4v) is 1.73. The maximum Gasteiger partial charge on any atom is 0.250 e. The van der Waals surface area contributed by atoms with E-state index in [1.165, 1.54) is 0 Å². The number of aromatic nitrogens is 1. The second-order valence-electron chi connectivity index (χ2n) is 2.72. The van der Waals surface area contributed by atoms with Crippen molar-refractivity contribution in [2.75, 3.05) is 19.0 Å². The van der Waals surface area contributed by atoms with Gasteiger partial charge in [0.1, 0.15) is 4.88 Å². The normalized spacial score (nSPS) is 9.50. The van der Waals surface area contributed by atoms with E-state index in [1.807, 2.05) is 25.9 Å². The van der Waals surface area contributed by atoms with Gasteiger partial charge in [0.05, 0.1) is 5.69 Å². The minimum Gasteiger partial charge on any atom is -0.354 e. The molecule has 64 valence electrons. The van der Waals surface area contributed by atoms with Crippen molar-refractivity contribution in [1.82, 2.24) is 4.98 Å². The van der Waals surface area contributed by atoms with E-state index in [2.05, 4.69) is 9.83 Å². The fourth-order valence-electron chi connectivity index (χ4n) is 0.822. The number of anilines is 1. The topological polar surface area (TPSA) is 20.5 Å². The van der Waals surface area contributed by atoms with Gasteiger partial charge in [-0.25, -0.2) is 11.6 Å². The summed E-state index contributed by atoms with van der Waals surface area (Å²) in [6.07, 6.45) is 0. The van der Waals surface area contributed by atoms with Gasteiger partial charge in [-0.2, -0.15) is 0 Å². The molecular formula is C8H11N3S. The molecule has 0 atom stereocenters. The second-order valence-corrected chi connectivity index (χ2v) is 3.78. The van der Waals surface area contributed by atoms with Crippen LogP contribution in [-0.4, -0.2) is 19.1 Å². The summed E-state index contributed by atoms with van der Waals surface area (Å²) in [5, 5.41) is 0.978. The lowest BCUT2D eigenvalue weighted by atomic mass is 10.4. The Morgan fingerprint density at radius 3 is 2.67 bits per heavy atom. The molecule has 0 radical (unpaired) electrons. The highest BCUT2D eigenvalue weighted by molar-refractivity contribution is 7.15. The zero-order chi connectivity index (χ0) is 9.14.